The van der Waals surface area contributed by atoms with Crippen LogP contribution in [0.25, 0.3) is 0 Å². The summed E-state index contributed by atoms with van der Waals surface area (Å²) in [5, 5.41) is 18.3. The Kier molecular flexibility index (Phi) is 4.22. The number of carboxylic acids is 1. The number of rotatable bonds is 5. The van der Waals surface area contributed by atoms with Crippen LogP contribution in [0.2, 0.25) is 0 Å². The molecule has 1 aliphatic rings. The zero-order valence-corrected chi connectivity index (χ0v) is 12.3. The van der Waals surface area contributed by atoms with E-state index in [1.807, 2.05) is 6.92 Å². The highest BCUT2D eigenvalue weighted by Crippen LogP contribution is 2.25. The van der Waals surface area contributed by atoms with Gasteiger partial charge in [0.15, 0.2) is 0 Å². The van der Waals surface area contributed by atoms with Gasteiger partial charge in [0.05, 0.1) is 10.5 Å². The average Bonchev–Trinajstić information content (AvgIpc) is 2.84. The summed E-state index contributed by atoms with van der Waals surface area (Å²) in [6, 6.07) is 3.13. The molecule has 8 heteroatoms. The predicted molar refractivity (Wildman–Crippen MR) is 73.8 cm³/mol. The van der Waals surface area contributed by atoms with Gasteiger partial charge in [0, 0.05) is 13.2 Å². The molecule has 116 valence electrons. The molecular formula is C13H17NO6S. The Bertz CT molecular complexity index is 649. The summed E-state index contributed by atoms with van der Waals surface area (Å²) >= 11 is 0. The number of nitrogens with one attached hydrogen (secondary N) is 1. The molecule has 2 rings (SSSR count). The Morgan fingerprint density at radius 1 is 1.48 bits per heavy atom. The van der Waals surface area contributed by atoms with Gasteiger partial charge < -0.3 is 14.9 Å². The first-order chi connectivity index (χ1) is 9.73. The standard InChI is InChI=1S/C13H17NO6S/c1-13(5-2-6-20-13)8-14-21(18,19)9-3-4-11(15)10(7-9)12(16)17/h3-4,7,14-15H,2,5-6,8H2,1H3,(H,16,17). The summed E-state index contributed by atoms with van der Waals surface area (Å²) in [5.41, 5.74) is -0.999. The SMILES string of the molecule is CC1(CNS(=O)(=O)c2ccc(O)c(C(=O)O)c2)CCCO1. The summed E-state index contributed by atoms with van der Waals surface area (Å²) in [6.45, 7) is 2.53. The number of hydrogen-bond donors (Lipinski definition) is 3. The molecule has 0 spiro atoms. The molecule has 0 aromatic heterocycles. The van der Waals surface area contributed by atoms with E-state index in [2.05, 4.69) is 4.72 Å². The van der Waals surface area contributed by atoms with Crippen LogP contribution < -0.4 is 4.72 Å². The van der Waals surface area contributed by atoms with E-state index in [1.54, 1.807) is 0 Å². The Hall–Kier alpha value is -1.64. The number of carboxylic acid groups (broad SMARTS) is 1. The van der Waals surface area contributed by atoms with Crippen LogP contribution in [0.1, 0.15) is 30.1 Å². The van der Waals surface area contributed by atoms with Crippen LogP contribution in [0.15, 0.2) is 23.1 Å². The molecule has 1 atom stereocenters. The number of phenols is 1. The molecular weight excluding hydrogens is 298 g/mol. The minimum Gasteiger partial charge on any atom is -0.507 e. The molecule has 3 N–H and O–H groups in total. The van der Waals surface area contributed by atoms with Gasteiger partial charge in [-0.3, -0.25) is 0 Å². The average molecular weight is 315 g/mol. The van der Waals surface area contributed by atoms with Crippen molar-refractivity contribution in [3.8, 4) is 5.75 Å². The number of carbonyl (C=O) groups is 1. The number of benzene rings is 1. The molecule has 0 amide bonds. The van der Waals surface area contributed by atoms with Gasteiger partial charge in [-0.15, -0.1) is 0 Å². The summed E-state index contributed by atoms with van der Waals surface area (Å²) in [4.78, 5) is 10.7. The number of aromatic carboxylic acids is 1. The smallest absolute Gasteiger partial charge is 0.339 e. The van der Waals surface area contributed by atoms with Crippen molar-refractivity contribution in [1.82, 2.24) is 4.72 Å². The van der Waals surface area contributed by atoms with E-state index >= 15 is 0 Å². The van der Waals surface area contributed by atoms with Crippen LogP contribution in [0.5, 0.6) is 5.75 Å². The second kappa shape index (κ2) is 5.63. The maximum Gasteiger partial charge on any atom is 0.339 e. The third kappa shape index (κ3) is 3.52. The first kappa shape index (κ1) is 15.7. The van der Waals surface area contributed by atoms with Crippen molar-refractivity contribution in [3.05, 3.63) is 23.8 Å². The van der Waals surface area contributed by atoms with E-state index in [9.17, 15) is 18.3 Å². The van der Waals surface area contributed by atoms with Crippen LogP contribution in [0.4, 0.5) is 0 Å². The van der Waals surface area contributed by atoms with E-state index in [0.29, 0.717) is 6.61 Å². The summed E-state index contributed by atoms with van der Waals surface area (Å²) in [6.07, 6.45) is 1.63. The molecule has 1 aromatic carbocycles. The summed E-state index contributed by atoms with van der Waals surface area (Å²) in [7, 11) is -3.86. The van der Waals surface area contributed by atoms with E-state index in [-0.39, 0.29) is 11.4 Å². The zero-order chi connectivity index (χ0) is 15.7. The lowest BCUT2D eigenvalue weighted by molar-refractivity contribution is 0.0250. The third-order valence-corrected chi connectivity index (χ3v) is 4.84. The largest absolute Gasteiger partial charge is 0.507 e. The van der Waals surface area contributed by atoms with Gasteiger partial charge >= 0.3 is 5.97 Å². The lowest BCUT2D eigenvalue weighted by Gasteiger charge is -2.23. The first-order valence-corrected chi connectivity index (χ1v) is 7.92. The molecule has 0 bridgehead atoms. The van der Waals surface area contributed by atoms with Crippen molar-refractivity contribution in [2.45, 2.75) is 30.3 Å². The van der Waals surface area contributed by atoms with Crippen molar-refractivity contribution in [2.24, 2.45) is 0 Å². The molecule has 1 unspecified atom stereocenters. The second-order valence-corrected chi connectivity index (χ2v) is 6.98. The van der Waals surface area contributed by atoms with E-state index < -0.39 is 32.9 Å². The normalized spacial score (nSPS) is 22.3. The molecule has 1 heterocycles. The maximum atomic E-state index is 12.2. The molecule has 0 aliphatic carbocycles. The zero-order valence-electron chi connectivity index (χ0n) is 11.5. The molecule has 0 radical (unpaired) electrons. The fourth-order valence-electron chi connectivity index (χ4n) is 2.16. The lowest BCUT2D eigenvalue weighted by atomic mass is 10.0. The molecule has 1 fully saturated rings. The number of aromatic hydroxyl groups is 1. The Labute approximate surface area is 122 Å². The summed E-state index contributed by atoms with van der Waals surface area (Å²) < 4.78 is 32.3. The van der Waals surface area contributed by atoms with Gasteiger partial charge in [0.25, 0.3) is 0 Å². The molecule has 1 saturated heterocycles. The second-order valence-electron chi connectivity index (χ2n) is 5.21. The highest BCUT2D eigenvalue weighted by molar-refractivity contribution is 7.89. The predicted octanol–water partition coefficient (Wildman–Crippen LogP) is 0.938. The van der Waals surface area contributed by atoms with Gasteiger partial charge in [-0.25, -0.2) is 17.9 Å². The van der Waals surface area contributed by atoms with Crippen LogP contribution in [-0.4, -0.2) is 43.4 Å². The molecule has 0 saturated carbocycles. The van der Waals surface area contributed by atoms with Gasteiger partial charge in [0.2, 0.25) is 10.0 Å². The molecule has 21 heavy (non-hydrogen) atoms. The number of sulfonamides is 1. The van der Waals surface area contributed by atoms with Crippen LogP contribution in [-0.2, 0) is 14.8 Å². The van der Waals surface area contributed by atoms with Gasteiger partial charge in [-0.1, -0.05) is 0 Å². The Morgan fingerprint density at radius 2 is 2.19 bits per heavy atom. The molecule has 7 nitrogen and oxygen atoms in total. The Morgan fingerprint density at radius 3 is 2.76 bits per heavy atom. The maximum absolute atomic E-state index is 12.2. The minimum atomic E-state index is -3.86. The minimum absolute atomic E-state index is 0.110. The van der Waals surface area contributed by atoms with E-state index in [1.165, 1.54) is 0 Å². The van der Waals surface area contributed by atoms with E-state index in [0.717, 1.165) is 31.0 Å². The molecule has 1 aliphatic heterocycles. The fraction of sp³-hybridized carbons (Fsp3) is 0.462. The molecule has 1 aromatic rings. The van der Waals surface area contributed by atoms with Crippen LogP contribution in [0.3, 0.4) is 0 Å². The quantitative estimate of drug-likeness (QED) is 0.745. The van der Waals surface area contributed by atoms with Crippen molar-refractivity contribution in [1.29, 1.82) is 0 Å². The lowest BCUT2D eigenvalue weighted by Crippen LogP contribution is -2.40. The summed E-state index contributed by atoms with van der Waals surface area (Å²) in [5.74, 6) is -1.87. The number of ether oxygens (including phenoxy) is 1. The monoisotopic (exact) mass is 315 g/mol. The van der Waals surface area contributed by atoms with Gasteiger partial charge in [-0.2, -0.15) is 0 Å². The van der Waals surface area contributed by atoms with E-state index in [4.69, 9.17) is 9.84 Å². The van der Waals surface area contributed by atoms with Crippen LogP contribution in [0, 0.1) is 0 Å². The highest BCUT2D eigenvalue weighted by Gasteiger charge is 2.31. The van der Waals surface area contributed by atoms with Gasteiger partial charge in [0.1, 0.15) is 11.3 Å². The van der Waals surface area contributed by atoms with Crippen LogP contribution >= 0.6 is 0 Å². The fourth-order valence-corrected chi connectivity index (χ4v) is 3.34. The van der Waals surface area contributed by atoms with Crippen molar-refractivity contribution in [2.75, 3.05) is 13.2 Å². The Balaban J connectivity index is 2.19. The van der Waals surface area contributed by atoms with Crippen molar-refractivity contribution >= 4 is 16.0 Å². The topological polar surface area (TPSA) is 113 Å². The third-order valence-electron chi connectivity index (χ3n) is 3.45. The first-order valence-electron chi connectivity index (χ1n) is 6.43. The number of hydrogen-bond acceptors (Lipinski definition) is 5. The van der Waals surface area contributed by atoms with Crippen molar-refractivity contribution in [3.63, 3.8) is 0 Å². The highest BCUT2D eigenvalue weighted by atomic mass is 32.2. The van der Waals surface area contributed by atoms with Crippen molar-refractivity contribution < 1.29 is 28.2 Å². The van der Waals surface area contributed by atoms with Gasteiger partial charge in [-0.05, 0) is 38.0 Å².